The van der Waals surface area contributed by atoms with Gasteiger partial charge in [-0.1, -0.05) is 5.11 Å². The summed E-state index contributed by atoms with van der Waals surface area (Å²) in [6.07, 6.45) is -0.134. The second-order valence-electron chi connectivity index (χ2n) is 3.56. The van der Waals surface area contributed by atoms with E-state index in [2.05, 4.69) is 10.0 Å². The number of hydrogen-bond donors (Lipinski definition) is 3. The Hall–Kier alpha value is -0.810. The normalized spacial score (nSPS) is 31.3. The second-order valence-corrected chi connectivity index (χ2v) is 3.56. The molecule has 1 fully saturated rings. The minimum Gasteiger partial charge on any atom is -0.396 e. The summed E-state index contributed by atoms with van der Waals surface area (Å²) in [7, 11) is 0. The van der Waals surface area contributed by atoms with Gasteiger partial charge in [0.15, 0.2) is 0 Å². The molecule has 1 saturated carbocycles. The number of azide groups is 1. The minimum absolute atomic E-state index is 0.196. The number of rotatable bonds is 3. The molecule has 0 aromatic heterocycles. The molecule has 0 bridgehead atoms. The summed E-state index contributed by atoms with van der Waals surface area (Å²) in [5.41, 5.74) is 7.50. The number of nitrogens with zero attached hydrogens (tertiary/aromatic N) is 3. The molecule has 0 aromatic rings. The minimum atomic E-state index is -0.754. The van der Waals surface area contributed by atoms with Gasteiger partial charge in [0.1, 0.15) is 0 Å². The third-order valence-corrected chi connectivity index (χ3v) is 2.60. The quantitative estimate of drug-likeness (QED) is 0.323. The molecule has 74 valence electrons. The molecule has 0 unspecified atom stereocenters. The molecule has 2 atom stereocenters. The zero-order chi connectivity index (χ0) is 9.90. The van der Waals surface area contributed by atoms with Crippen molar-refractivity contribution >= 4 is 0 Å². The lowest BCUT2D eigenvalue weighted by Crippen LogP contribution is -2.27. The molecule has 3 N–H and O–H groups in total. The molecular weight excluding hydrogens is 174 g/mol. The molecule has 13 heavy (non-hydrogen) atoms. The van der Waals surface area contributed by atoms with E-state index >= 15 is 0 Å². The predicted molar refractivity (Wildman–Crippen MR) is 44.8 cm³/mol. The van der Waals surface area contributed by atoms with E-state index in [0.29, 0.717) is 6.42 Å². The van der Waals surface area contributed by atoms with Crippen LogP contribution in [0.1, 0.15) is 12.8 Å². The Morgan fingerprint density at radius 3 is 2.38 bits per heavy atom. The average Bonchev–Trinajstić information content (AvgIpc) is 2.45. The summed E-state index contributed by atoms with van der Waals surface area (Å²) in [5.74, 6) is 0. The van der Waals surface area contributed by atoms with E-state index in [9.17, 15) is 5.11 Å². The van der Waals surface area contributed by atoms with Crippen LogP contribution in [0.25, 0.3) is 10.4 Å². The van der Waals surface area contributed by atoms with Gasteiger partial charge in [0.25, 0.3) is 0 Å². The fourth-order valence-corrected chi connectivity index (χ4v) is 1.74. The van der Waals surface area contributed by atoms with Crippen LogP contribution in [0.4, 0.5) is 0 Å². The molecule has 0 heterocycles. The van der Waals surface area contributed by atoms with Gasteiger partial charge in [0.2, 0.25) is 0 Å². The van der Waals surface area contributed by atoms with E-state index in [1.54, 1.807) is 0 Å². The molecule has 0 aromatic carbocycles. The first kappa shape index (κ1) is 10.3. The van der Waals surface area contributed by atoms with E-state index in [1.165, 1.54) is 0 Å². The molecule has 0 radical (unpaired) electrons. The van der Waals surface area contributed by atoms with Crippen LogP contribution >= 0.6 is 0 Å². The number of hydrogen-bond acceptors (Lipinski definition) is 4. The lowest BCUT2D eigenvalue weighted by atomic mass is 9.88. The van der Waals surface area contributed by atoms with Crippen molar-refractivity contribution in [1.82, 2.24) is 0 Å². The van der Waals surface area contributed by atoms with E-state index in [-0.39, 0.29) is 19.6 Å². The summed E-state index contributed by atoms with van der Waals surface area (Å²) < 4.78 is 0. The van der Waals surface area contributed by atoms with Gasteiger partial charge >= 0.3 is 0 Å². The van der Waals surface area contributed by atoms with Crippen LogP contribution in [0, 0.1) is 5.41 Å². The van der Waals surface area contributed by atoms with E-state index in [1.807, 2.05) is 0 Å². The average molecular weight is 187 g/mol. The van der Waals surface area contributed by atoms with Gasteiger partial charge in [-0.05, 0) is 18.4 Å². The van der Waals surface area contributed by atoms with Gasteiger partial charge in [0, 0.05) is 10.3 Å². The summed E-state index contributed by atoms with van der Waals surface area (Å²) in [5, 5.41) is 30.9. The Bertz CT molecular complexity index is 223. The molecule has 1 aliphatic carbocycles. The predicted octanol–water partition coefficient (Wildman–Crippen LogP) is -0.209. The summed E-state index contributed by atoms with van der Waals surface area (Å²) >= 11 is 0. The van der Waals surface area contributed by atoms with Gasteiger partial charge in [0.05, 0.1) is 25.4 Å². The van der Waals surface area contributed by atoms with Crippen molar-refractivity contribution in [3.63, 3.8) is 0 Å². The van der Waals surface area contributed by atoms with Crippen LogP contribution in [-0.4, -0.2) is 40.7 Å². The van der Waals surface area contributed by atoms with Gasteiger partial charge in [-0.2, -0.15) is 0 Å². The van der Waals surface area contributed by atoms with Crippen LogP contribution in [0.2, 0.25) is 0 Å². The Kier molecular flexibility index (Phi) is 3.11. The van der Waals surface area contributed by atoms with Crippen molar-refractivity contribution in [2.45, 2.75) is 25.0 Å². The van der Waals surface area contributed by atoms with E-state index < -0.39 is 17.6 Å². The third-order valence-electron chi connectivity index (χ3n) is 2.60. The Labute approximate surface area is 75.4 Å². The van der Waals surface area contributed by atoms with Crippen molar-refractivity contribution in [2.24, 2.45) is 10.5 Å². The van der Waals surface area contributed by atoms with Crippen LogP contribution in [0.3, 0.4) is 0 Å². The molecule has 0 saturated heterocycles. The molecule has 1 aliphatic rings. The molecule has 0 spiro atoms. The Balaban J connectivity index is 2.72. The summed E-state index contributed by atoms with van der Waals surface area (Å²) in [4.78, 5) is 2.60. The Morgan fingerprint density at radius 1 is 1.38 bits per heavy atom. The van der Waals surface area contributed by atoms with Gasteiger partial charge in [-0.15, -0.1) is 0 Å². The van der Waals surface area contributed by atoms with Crippen molar-refractivity contribution in [3.8, 4) is 0 Å². The van der Waals surface area contributed by atoms with E-state index in [4.69, 9.17) is 15.7 Å². The molecule has 0 aliphatic heterocycles. The highest BCUT2D eigenvalue weighted by Crippen LogP contribution is 2.39. The van der Waals surface area contributed by atoms with Gasteiger partial charge in [-0.25, -0.2) is 0 Å². The maximum atomic E-state index is 9.43. The Morgan fingerprint density at radius 2 is 2.00 bits per heavy atom. The van der Waals surface area contributed by atoms with Crippen molar-refractivity contribution in [3.05, 3.63) is 10.4 Å². The lowest BCUT2D eigenvalue weighted by molar-refractivity contribution is 0.0466. The summed E-state index contributed by atoms with van der Waals surface area (Å²) in [6.45, 7) is -0.393. The van der Waals surface area contributed by atoms with Crippen molar-refractivity contribution in [2.75, 3.05) is 13.2 Å². The highest BCUT2D eigenvalue weighted by Gasteiger charge is 2.43. The maximum absolute atomic E-state index is 9.43. The van der Waals surface area contributed by atoms with Crippen molar-refractivity contribution < 1.29 is 15.3 Å². The van der Waals surface area contributed by atoms with Crippen LogP contribution in [0.15, 0.2) is 5.11 Å². The van der Waals surface area contributed by atoms with Crippen LogP contribution < -0.4 is 0 Å². The fraction of sp³-hybridized carbons (Fsp3) is 1.00. The monoisotopic (exact) mass is 187 g/mol. The zero-order valence-electron chi connectivity index (χ0n) is 7.17. The summed E-state index contributed by atoms with van der Waals surface area (Å²) in [6, 6.07) is -0.524. The molecular formula is C7H13N3O3. The standard InChI is InChI=1S/C7H13N3O3/c8-10-9-5-1-7(3-11,4-12)2-6(5)13/h5-6,11-13H,1-4H2/t5-,6-/m0/s1. The van der Waals surface area contributed by atoms with E-state index in [0.717, 1.165) is 0 Å². The lowest BCUT2D eigenvalue weighted by Gasteiger charge is -2.22. The molecule has 1 rings (SSSR count). The SMILES string of the molecule is [N-]=[N+]=N[C@H]1CC(CO)(CO)C[C@@H]1O. The highest BCUT2D eigenvalue weighted by molar-refractivity contribution is 4.97. The first-order valence-electron chi connectivity index (χ1n) is 4.11. The highest BCUT2D eigenvalue weighted by atomic mass is 16.3. The first-order valence-corrected chi connectivity index (χ1v) is 4.11. The molecule has 0 amide bonds. The van der Waals surface area contributed by atoms with Gasteiger partial charge < -0.3 is 15.3 Å². The molecule has 6 nitrogen and oxygen atoms in total. The number of aliphatic hydroxyl groups excluding tert-OH is 3. The first-order chi connectivity index (χ1) is 6.17. The second kappa shape index (κ2) is 3.93. The largest absolute Gasteiger partial charge is 0.396 e. The van der Waals surface area contributed by atoms with Crippen molar-refractivity contribution in [1.29, 1.82) is 0 Å². The topological polar surface area (TPSA) is 109 Å². The smallest absolute Gasteiger partial charge is 0.0640 e. The zero-order valence-corrected chi connectivity index (χ0v) is 7.17. The molecule has 6 heteroatoms. The fourth-order valence-electron chi connectivity index (χ4n) is 1.74. The van der Waals surface area contributed by atoms with Crippen LogP contribution in [-0.2, 0) is 0 Å². The van der Waals surface area contributed by atoms with Crippen LogP contribution in [0.5, 0.6) is 0 Å². The maximum Gasteiger partial charge on any atom is 0.0640 e. The van der Waals surface area contributed by atoms with Gasteiger partial charge in [-0.3, -0.25) is 0 Å². The third kappa shape index (κ3) is 1.92. The number of aliphatic hydroxyl groups is 3.